The summed E-state index contributed by atoms with van der Waals surface area (Å²) in [6.45, 7) is 0. The molecule has 30 heavy (non-hydrogen) atoms. The van der Waals surface area contributed by atoms with E-state index in [0.29, 0.717) is 23.8 Å². The molecule has 0 atom stereocenters. The molecule has 0 radical (unpaired) electrons. The standard InChI is InChI=1S/C22H28N2O5S/c1-29-21-10-6-5-9-18(21)24-30(27,28)17-12-13-20(25)19(15-17)23-22(26)14-11-16-7-3-2-4-8-16/h5-6,9-10,12-13,15-16,24-25H,2-4,7-8,11,14H2,1H3,(H,23,26). The van der Waals surface area contributed by atoms with Crippen LogP contribution in [-0.2, 0) is 14.8 Å². The number of methoxy groups -OCH3 is 1. The predicted octanol–water partition coefficient (Wildman–Crippen LogP) is 4.50. The first-order valence-electron chi connectivity index (χ1n) is 10.2. The molecule has 0 bridgehead atoms. The summed E-state index contributed by atoms with van der Waals surface area (Å²) < 4.78 is 33.2. The van der Waals surface area contributed by atoms with Gasteiger partial charge in [-0.2, -0.15) is 0 Å². The molecule has 3 N–H and O–H groups in total. The number of aromatic hydroxyl groups is 1. The Morgan fingerprint density at radius 1 is 1.10 bits per heavy atom. The van der Waals surface area contributed by atoms with Crippen LogP contribution < -0.4 is 14.8 Å². The minimum atomic E-state index is -3.94. The van der Waals surface area contributed by atoms with Crippen LogP contribution in [0.2, 0.25) is 0 Å². The van der Waals surface area contributed by atoms with Crippen LogP contribution in [0.1, 0.15) is 44.9 Å². The molecule has 162 valence electrons. The predicted molar refractivity (Wildman–Crippen MR) is 116 cm³/mol. The third-order valence-electron chi connectivity index (χ3n) is 5.41. The highest BCUT2D eigenvalue weighted by Gasteiger charge is 2.20. The van der Waals surface area contributed by atoms with Gasteiger partial charge in [-0.15, -0.1) is 0 Å². The molecule has 7 nitrogen and oxygen atoms in total. The first-order valence-corrected chi connectivity index (χ1v) is 11.7. The Hall–Kier alpha value is -2.74. The van der Waals surface area contributed by atoms with Gasteiger partial charge in [0.15, 0.2) is 0 Å². The van der Waals surface area contributed by atoms with Crippen molar-refractivity contribution in [2.24, 2.45) is 5.92 Å². The number of anilines is 2. The topological polar surface area (TPSA) is 105 Å². The van der Waals surface area contributed by atoms with E-state index in [1.807, 2.05) is 0 Å². The van der Waals surface area contributed by atoms with Gasteiger partial charge < -0.3 is 15.2 Å². The lowest BCUT2D eigenvalue weighted by Gasteiger charge is -2.21. The van der Waals surface area contributed by atoms with E-state index in [2.05, 4.69) is 10.0 Å². The molecule has 0 saturated heterocycles. The number of phenolic OH excluding ortho intramolecular Hbond substituents is 1. The van der Waals surface area contributed by atoms with E-state index >= 15 is 0 Å². The van der Waals surface area contributed by atoms with Gasteiger partial charge in [0.25, 0.3) is 10.0 Å². The molecule has 3 rings (SSSR count). The Kier molecular flexibility index (Phi) is 7.20. The number of amides is 1. The second-order valence-electron chi connectivity index (χ2n) is 7.58. The summed E-state index contributed by atoms with van der Waals surface area (Å²) in [5.74, 6) is 0.534. The van der Waals surface area contributed by atoms with E-state index in [1.165, 1.54) is 44.6 Å². The zero-order chi connectivity index (χ0) is 21.6. The maximum atomic E-state index is 12.8. The number of sulfonamides is 1. The second kappa shape index (κ2) is 9.84. The summed E-state index contributed by atoms with van der Waals surface area (Å²) in [4.78, 5) is 12.3. The number of ether oxygens (including phenoxy) is 1. The van der Waals surface area contributed by atoms with Crippen molar-refractivity contribution in [1.82, 2.24) is 0 Å². The van der Waals surface area contributed by atoms with E-state index in [-0.39, 0.29) is 22.2 Å². The van der Waals surface area contributed by atoms with Crippen molar-refractivity contribution in [3.8, 4) is 11.5 Å². The van der Waals surface area contributed by atoms with Crippen LogP contribution in [0.25, 0.3) is 0 Å². The molecule has 2 aromatic carbocycles. The van der Waals surface area contributed by atoms with E-state index in [0.717, 1.165) is 19.3 Å². The fraction of sp³-hybridized carbons (Fsp3) is 0.409. The minimum Gasteiger partial charge on any atom is -0.506 e. The number of nitrogens with one attached hydrogen (secondary N) is 2. The fourth-order valence-corrected chi connectivity index (χ4v) is 4.84. The van der Waals surface area contributed by atoms with E-state index < -0.39 is 10.0 Å². The summed E-state index contributed by atoms with van der Waals surface area (Å²) in [5.41, 5.74) is 0.373. The van der Waals surface area contributed by atoms with Crippen LogP contribution >= 0.6 is 0 Å². The molecule has 0 aliphatic heterocycles. The van der Waals surface area contributed by atoms with Crippen LogP contribution in [0.3, 0.4) is 0 Å². The molecule has 0 heterocycles. The van der Waals surface area contributed by atoms with Crippen LogP contribution in [0.5, 0.6) is 11.5 Å². The average molecular weight is 433 g/mol. The third kappa shape index (κ3) is 5.66. The van der Waals surface area contributed by atoms with Gasteiger partial charge in [0.05, 0.1) is 23.4 Å². The maximum Gasteiger partial charge on any atom is 0.262 e. The number of hydrogen-bond acceptors (Lipinski definition) is 5. The van der Waals surface area contributed by atoms with Crippen molar-refractivity contribution < 1.29 is 23.1 Å². The quantitative estimate of drug-likeness (QED) is 0.533. The van der Waals surface area contributed by atoms with Crippen molar-refractivity contribution in [2.75, 3.05) is 17.1 Å². The number of benzene rings is 2. The van der Waals surface area contributed by atoms with Gasteiger partial charge >= 0.3 is 0 Å². The first-order chi connectivity index (χ1) is 14.4. The SMILES string of the molecule is COc1ccccc1NS(=O)(=O)c1ccc(O)c(NC(=O)CCC2CCCCC2)c1. The van der Waals surface area contributed by atoms with Gasteiger partial charge in [0.2, 0.25) is 5.91 Å². The summed E-state index contributed by atoms with van der Waals surface area (Å²) in [6.07, 6.45) is 7.15. The van der Waals surface area contributed by atoms with Gasteiger partial charge in [0.1, 0.15) is 11.5 Å². The lowest BCUT2D eigenvalue weighted by Crippen LogP contribution is -2.16. The Labute approximate surface area is 177 Å². The monoisotopic (exact) mass is 432 g/mol. The molecular formula is C22H28N2O5S. The largest absolute Gasteiger partial charge is 0.506 e. The molecule has 0 aromatic heterocycles. The highest BCUT2D eigenvalue weighted by Crippen LogP contribution is 2.31. The summed E-state index contributed by atoms with van der Waals surface area (Å²) >= 11 is 0. The first kappa shape index (κ1) is 22.0. The Balaban J connectivity index is 1.69. The van der Waals surface area contributed by atoms with Crippen LogP contribution in [0, 0.1) is 5.92 Å². The van der Waals surface area contributed by atoms with E-state index in [1.54, 1.807) is 24.3 Å². The van der Waals surface area contributed by atoms with Crippen LogP contribution in [0.4, 0.5) is 11.4 Å². The van der Waals surface area contributed by atoms with E-state index in [4.69, 9.17) is 4.74 Å². The number of carbonyl (C=O) groups excluding carboxylic acids is 1. The minimum absolute atomic E-state index is 0.0752. The number of carbonyl (C=O) groups is 1. The number of para-hydroxylation sites is 2. The van der Waals surface area contributed by atoms with Crippen LogP contribution in [-0.4, -0.2) is 26.5 Å². The molecule has 1 amide bonds. The molecule has 1 fully saturated rings. The van der Waals surface area contributed by atoms with Crippen LogP contribution in [0.15, 0.2) is 47.4 Å². The lowest BCUT2D eigenvalue weighted by atomic mass is 9.86. The zero-order valence-electron chi connectivity index (χ0n) is 17.1. The van der Waals surface area contributed by atoms with Crippen molar-refractivity contribution in [1.29, 1.82) is 0 Å². The molecule has 1 aliphatic rings. The van der Waals surface area contributed by atoms with Gasteiger partial charge in [-0.05, 0) is 42.7 Å². The van der Waals surface area contributed by atoms with Crippen molar-refractivity contribution >= 4 is 27.3 Å². The van der Waals surface area contributed by atoms with Crippen molar-refractivity contribution in [2.45, 2.75) is 49.8 Å². The van der Waals surface area contributed by atoms with Crippen molar-refractivity contribution in [3.63, 3.8) is 0 Å². The summed E-state index contributed by atoms with van der Waals surface area (Å²) in [5, 5.41) is 12.7. The molecule has 0 unspecified atom stereocenters. The summed E-state index contributed by atoms with van der Waals surface area (Å²) in [7, 11) is -2.49. The van der Waals surface area contributed by atoms with Gasteiger partial charge in [-0.1, -0.05) is 44.2 Å². The van der Waals surface area contributed by atoms with Gasteiger partial charge in [-0.25, -0.2) is 8.42 Å². The zero-order valence-corrected chi connectivity index (χ0v) is 17.9. The highest BCUT2D eigenvalue weighted by molar-refractivity contribution is 7.92. The normalized spacial score (nSPS) is 14.8. The number of rotatable bonds is 8. The second-order valence-corrected chi connectivity index (χ2v) is 9.26. The Morgan fingerprint density at radius 2 is 1.83 bits per heavy atom. The smallest absolute Gasteiger partial charge is 0.262 e. The summed E-state index contributed by atoms with van der Waals surface area (Å²) in [6, 6.07) is 10.5. The lowest BCUT2D eigenvalue weighted by molar-refractivity contribution is -0.116. The molecule has 0 spiro atoms. The Bertz CT molecular complexity index is 985. The maximum absolute atomic E-state index is 12.8. The fourth-order valence-electron chi connectivity index (χ4n) is 3.74. The van der Waals surface area contributed by atoms with Gasteiger partial charge in [0, 0.05) is 6.42 Å². The number of phenols is 1. The van der Waals surface area contributed by atoms with Crippen molar-refractivity contribution in [3.05, 3.63) is 42.5 Å². The highest BCUT2D eigenvalue weighted by atomic mass is 32.2. The molecular weight excluding hydrogens is 404 g/mol. The average Bonchev–Trinajstić information content (AvgIpc) is 2.74. The molecule has 8 heteroatoms. The van der Waals surface area contributed by atoms with Gasteiger partial charge in [-0.3, -0.25) is 9.52 Å². The molecule has 1 saturated carbocycles. The molecule has 2 aromatic rings. The van der Waals surface area contributed by atoms with E-state index in [9.17, 15) is 18.3 Å². The molecule has 1 aliphatic carbocycles. The number of hydrogen-bond donors (Lipinski definition) is 3. The third-order valence-corrected chi connectivity index (χ3v) is 6.77. The Morgan fingerprint density at radius 3 is 2.57 bits per heavy atom.